The van der Waals surface area contributed by atoms with E-state index in [1.807, 2.05) is 18.2 Å². The number of benzene rings is 3. The topological polar surface area (TPSA) is 9.23 Å². The van der Waals surface area contributed by atoms with E-state index in [4.69, 9.17) is 0 Å². The van der Waals surface area contributed by atoms with Gasteiger partial charge in [-0.3, -0.25) is 0 Å². The summed E-state index contributed by atoms with van der Waals surface area (Å²) in [7, 11) is 0. The third-order valence-electron chi connectivity index (χ3n) is 7.28. The van der Waals surface area contributed by atoms with E-state index in [1.54, 1.807) is 12.1 Å². The zero-order valence-corrected chi connectivity index (χ0v) is 20.5. The van der Waals surface area contributed by atoms with Gasteiger partial charge in [0.15, 0.2) is 24.0 Å². The second-order valence-corrected chi connectivity index (χ2v) is 9.90. The Bertz CT molecular complexity index is 1220. The summed E-state index contributed by atoms with van der Waals surface area (Å²) in [5.74, 6) is -2.66. The van der Waals surface area contributed by atoms with Crippen LogP contribution in [0.4, 0.5) is 26.3 Å². The number of fused-ring (bicyclic) bond motifs is 1. The number of alkyl halides is 3. The summed E-state index contributed by atoms with van der Waals surface area (Å²) in [6.45, 7) is 2.01. The van der Waals surface area contributed by atoms with Gasteiger partial charge in [-0.2, -0.15) is 13.2 Å². The monoisotopic (exact) mass is 520 g/mol. The fourth-order valence-corrected chi connectivity index (χ4v) is 5.27. The second-order valence-electron chi connectivity index (χ2n) is 9.90. The summed E-state index contributed by atoms with van der Waals surface area (Å²) >= 11 is 0. The van der Waals surface area contributed by atoms with Crippen LogP contribution >= 0.6 is 0 Å². The maximum absolute atomic E-state index is 15.3. The SMILES string of the molecule is C=CCCC1CCC(c2ccc3c(F)c(CCc4cc(F)c(OCC(F)(F)F)c(F)c4)ccc3c2)CC1. The van der Waals surface area contributed by atoms with Crippen LogP contribution in [-0.4, -0.2) is 12.8 Å². The summed E-state index contributed by atoms with van der Waals surface area (Å²) < 4.78 is 84.7. The van der Waals surface area contributed by atoms with E-state index in [0.717, 1.165) is 42.7 Å². The normalized spacial score (nSPS) is 18.2. The minimum atomic E-state index is -4.71. The van der Waals surface area contributed by atoms with Crippen molar-refractivity contribution >= 4 is 10.8 Å². The molecule has 0 bridgehead atoms. The molecule has 0 unspecified atom stereocenters. The van der Waals surface area contributed by atoms with Crippen LogP contribution in [0.5, 0.6) is 5.75 Å². The lowest BCUT2D eigenvalue weighted by atomic mass is 9.77. The molecule has 3 aromatic carbocycles. The van der Waals surface area contributed by atoms with Gasteiger partial charge < -0.3 is 4.74 Å². The van der Waals surface area contributed by atoms with E-state index < -0.39 is 30.2 Å². The van der Waals surface area contributed by atoms with Crippen molar-refractivity contribution in [3.8, 4) is 5.75 Å². The van der Waals surface area contributed by atoms with Gasteiger partial charge in [-0.25, -0.2) is 13.2 Å². The summed E-state index contributed by atoms with van der Waals surface area (Å²) in [6, 6.07) is 11.2. The van der Waals surface area contributed by atoms with Crippen LogP contribution in [0.2, 0.25) is 0 Å². The molecule has 0 amide bonds. The minimum Gasteiger partial charge on any atom is -0.478 e. The zero-order valence-electron chi connectivity index (χ0n) is 20.5. The van der Waals surface area contributed by atoms with Crippen molar-refractivity contribution in [2.24, 2.45) is 5.92 Å². The van der Waals surface area contributed by atoms with Crippen LogP contribution in [0.1, 0.15) is 61.1 Å². The van der Waals surface area contributed by atoms with Crippen LogP contribution in [0.25, 0.3) is 10.8 Å². The van der Waals surface area contributed by atoms with E-state index in [2.05, 4.69) is 17.4 Å². The van der Waals surface area contributed by atoms with Gasteiger partial charge in [-0.1, -0.05) is 36.4 Å². The van der Waals surface area contributed by atoms with E-state index in [0.29, 0.717) is 16.9 Å². The van der Waals surface area contributed by atoms with Crippen LogP contribution in [0, 0.1) is 23.4 Å². The maximum atomic E-state index is 15.3. The highest BCUT2D eigenvalue weighted by Gasteiger charge is 2.30. The predicted octanol–water partition coefficient (Wildman–Crippen LogP) is 9.22. The Morgan fingerprint density at radius 2 is 1.59 bits per heavy atom. The predicted molar refractivity (Wildman–Crippen MR) is 133 cm³/mol. The molecule has 0 N–H and O–H groups in total. The molecular formula is C30H30F6O. The van der Waals surface area contributed by atoms with Crippen LogP contribution in [0.15, 0.2) is 55.1 Å². The van der Waals surface area contributed by atoms with Crippen molar-refractivity contribution in [1.82, 2.24) is 0 Å². The molecule has 0 atom stereocenters. The maximum Gasteiger partial charge on any atom is 0.422 e. The molecule has 1 aliphatic carbocycles. The van der Waals surface area contributed by atoms with E-state index in [1.165, 1.54) is 24.8 Å². The molecule has 3 aromatic rings. The van der Waals surface area contributed by atoms with Crippen molar-refractivity contribution < 1.29 is 31.1 Å². The number of aryl methyl sites for hydroxylation is 2. The molecule has 37 heavy (non-hydrogen) atoms. The number of halogens is 6. The van der Waals surface area contributed by atoms with Gasteiger partial charge in [-0.15, -0.1) is 6.58 Å². The van der Waals surface area contributed by atoms with E-state index >= 15 is 4.39 Å². The van der Waals surface area contributed by atoms with Gasteiger partial charge in [0.2, 0.25) is 0 Å². The Kier molecular flexibility index (Phi) is 8.50. The fourth-order valence-electron chi connectivity index (χ4n) is 5.27. The first-order valence-electron chi connectivity index (χ1n) is 12.6. The van der Waals surface area contributed by atoms with Crippen molar-refractivity contribution in [2.45, 2.75) is 63.5 Å². The Labute approximate surface area is 213 Å². The highest BCUT2D eigenvalue weighted by molar-refractivity contribution is 5.84. The molecule has 1 nitrogen and oxygen atoms in total. The first-order chi connectivity index (χ1) is 17.6. The quantitative estimate of drug-likeness (QED) is 0.202. The summed E-state index contributed by atoms with van der Waals surface area (Å²) in [4.78, 5) is 0. The summed E-state index contributed by atoms with van der Waals surface area (Å²) in [5.41, 5.74) is 1.83. The average Bonchev–Trinajstić information content (AvgIpc) is 2.86. The Balaban J connectivity index is 1.42. The molecule has 0 spiro atoms. The molecule has 1 saturated carbocycles. The third kappa shape index (κ3) is 6.88. The molecule has 0 saturated heterocycles. The second kappa shape index (κ2) is 11.6. The third-order valence-corrected chi connectivity index (χ3v) is 7.28. The van der Waals surface area contributed by atoms with Gasteiger partial charge in [-0.05, 0) is 97.4 Å². The van der Waals surface area contributed by atoms with E-state index in [-0.39, 0.29) is 24.2 Å². The molecule has 0 aliphatic heterocycles. The largest absolute Gasteiger partial charge is 0.478 e. The van der Waals surface area contributed by atoms with Crippen molar-refractivity contribution in [2.75, 3.05) is 6.61 Å². The number of ether oxygens (including phenoxy) is 1. The van der Waals surface area contributed by atoms with Gasteiger partial charge in [0.1, 0.15) is 5.82 Å². The molecule has 4 rings (SSSR count). The summed E-state index contributed by atoms with van der Waals surface area (Å²) in [5, 5.41) is 1.31. The lowest BCUT2D eigenvalue weighted by Crippen LogP contribution is -2.20. The van der Waals surface area contributed by atoms with Gasteiger partial charge >= 0.3 is 6.18 Å². The van der Waals surface area contributed by atoms with Crippen LogP contribution < -0.4 is 4.74 Å². The Morgan fingerprint density at radius 3 is 2.24 bits per heavy atom. The summed E-state index contributed by atoms with van der Waals surface area (Å²) in [6.07, 6.45) is 4.44. The number of hydrogen-bond acceptors (Lipinski definition) is 1. The van der Waals surface area contributed by atoms with Crippen molar-refractivity contribution in [1.29, 1.82) is 0 Å². The van der Waals surface area contributed by atoms with Crippen molar-refractivity contribution in [3.05, 3.63) is 89.3 Å². The lowest BCUT2D eigenvalue weighted by molar-refractivity contribution is -0.154. The average molecular weight is 521 g/mol. The highest BCUT2D eigenvalue weighted by atomic mass is 19.4. The van der Waals surface area contributed by atoms with Crippen LogP contribution in [0.3, 0.4) is 0 Å². The molecule has 0 aromatic heterocycles. The molecule has 1 aliphatic rings. The minimum absolute atomic E-state index is 0.114. The first-order valence-corrected chi connectivity index (χ1v) is 12.6. The van der Waals surface area contributed by atoms with Crippen molar-refractivity contribution in [3.63, 3.8) is 0 Å². The Hall–Kier alpha value is -2.96. The molecule has 198 valence electrons. The van der Waals surface area contributed by atoms with Gasteiger partial charge in [0.05, 0.1) is 0 Å². The molecule has 0 radical (unpaired) electrons. The molecule has 0 heterocycles. The zero-order chi connectivity index (χ0) is 26.6. The number of allylic oxidation sites excluding steroid dienone is 1. The lowest BCUT2D eigenvalue weighted by Gasteiger charge is -2.28. The first kappa shape index (κ1) is 27.1. The van der Waals surface area contributed by atoms with Crippen LogP contribution in [-0.2, 0) is 12.8 Å². The smallest absolute Gasteiger partial charge is 0.422 e. The molecular weight excluding hydrogens is 490 g/mol. The molecule has 1 fully saturated rings. The number of hydrogen-bond donors (Lipinski definition) is 0. The van der Waals surface area contributed by atoms with Gasteiger partial charge in [0.25, 0.3) is 0 Å². The van der Waals surface area contributed by atoms with Gasteiger partial charge in [0, 0.05) is 5.39 Å². The Morgan fingerprint density at radius 1 is 0.892 bits per heavy atom. The number of rotatable bonds is 9. The fraction of sp³-hybridized carbons (Fsp3) is 0.400. The molecule has 7 heteroatoms. The highest BCUT2D eigenvalue weighted by Crippen LogP contribution is 2.39. The standard InChI is InChI=1S/C30H30F6O/c1-2-3-4-19-5-8-21(9-6-19)23-13-14-25-24(17-23)12-11-22(28(25)33)10-7-20-15-26(31)29(27(32)16-20)37-18-30(34,35)36/h2,11-17,19,21H,1,3-10,18H2. The van der Waals surface area contributed by atoms with E-state index in [9.17, 15) is 22.0 Å².